The van der Waals surface area contributed by atoms with Crippen LogP contribution in [-0.2, 0) is 0 Å². The van der Waals surface area contributed by atoms with Gasteiger partial charge >= 0.3 is 0 Å². The van der Waals surface area contributed by atoms with Crippen LogP contribution in [0.5, 0.6) is 0 Å². The van der Waals surface area contributed by atoms with Crippen molar-refractivity contribution in [2.75, 3.05) is 7.05 Å². The largest absolute Gasteiger partial charge is 0.392 e. The van der Waals surface area contributed by atoms with Gasteiger partial charge in [0.05, 0.1) is 6.10 Å². The Kier molecular flexibility index (Phi) is 5.63. The van der Waals surface area contributed by atoms with Crippen LogP contribution in [0.25, 0.3) is 0 Å². The molecule has 0 aromatic heterocycles. The molecule has 0 saturated carbocycles. The number of rotatable bonds is 5. The van der Waals surface area contributed by atoms with Crippen molar-refractivity contribution < 1.29 is 9.50 Å². The van der Waals surface area contributed by atoms with Crippen LogP contribution in [0.2, 0.25) is 0 Å². The van der Waals surface area contributed by atoms with Gasteiger partial charge in [-0.1, -0.05) is 6.92 Å². The van der Waals surface area contributed by atoms with E-state index in [2.05, 4.69) is 5.32 Å². The van der Waals surface area contributed by atoms with Crippen molar-refractivity contribution in [2.45, 2.75) is 50.0 Å². The van der Waals surface area contributed by atoms with Crippen LogP contribution in [0.3, 0.4) is 0 Å². The highest BCUT2D eigenvalue weighted by molar-refractivity contribution is 8.00. The van der Waals surface area contributed by atoms with Crippen molar-refractivity contribution >= 4 is 11.8 Å². The van der Waals surface area contributed by atoms with Crippen molar-refractivity contribution in [3.05, 3.63) is 29.1 Å². The maximum atomic E-state index is 13.7. The molecule has 0 fully saturated rings. The highest BCUT2D eigenvalue weighted by Crippen LogP contribution is 2.33. The van der Waals surface area contributed by atoms with E-state index in [-0.39, 0.29) is 17.1 Å². The molecule has 0 bridgehead atoms. The van der Waals surface area contributed by atoms with Crippen molar-refractivity contribution in [2.24, 2.45) is 0 Å². The van der Waals surface area contributed by atoms with Gasteiger partial charge in [0.2, 0.25) is 0 Å². The lowest BCUT2D eigenvalue weighted by Crippen LogP contribution is -2.17. The fourth-order valence-electron chi connectivity index (χ4n) is 1.57. The molecule has 1 aromatic rings. The molecule has 4 heteroatoms. The van der Waals surface area contributed by atoms with E-state index in [1.807, 2.05) is 27.0 Å². The van der Waals surface area contributed by atoms with E-state index in [0.29, 0.717) is 5.56 Å². The summed E-state index contributed by atoms with van der Waals surface area (Å²) >= 11 is 1.59. The van der Waals surface area contributed by atoms with Crippen LogP contribution in [-0.4, -0.2) is 23.5 Å². The molecule has 0 spiro atoms. The van der Waals surface area contributed by atoms with Crippen LogP contribution in [0, 0.1) is 12.7 Å². The minimum atomic E-state index is -0.391. The summed E-state index contributed by atoms with van der Waals surface area (Å²) in [6.45, 7) is 7.51. The van der Waals surface area contributed by atoms with E-state index in [0.717, 1.165) is 10.5 Å². The van der Waals surface area contributed by atoms with Crippen LogP contribution in [0.4, 0.5) is 4.39 Å². The number of aryl methyl sites for hydroxylation is 1. The van der Waals surface area contributed by atoms with E-state index in [9.17, 15) is 9.50 Å². The molecule has 0 heterocycles. The van der Waals surface area contributed by atoms with Gasteiger partial charge < -0.3 is 10.4 Å². The van der Waals surface area contributed by atoms with Gasteiger partial charge in [-0.25, -0.2) is 4.39 Å². The van der Waals surface area contributed by atoms with Gasteiger partial charge in [-0.05, 0) is 51.1 Å². The molecular formula is C14H22FNOS. The summed E-state index contributed by atoms with van der Waals surface area (Å²) in [4.78, 5) is 1.03. The van der Waals surface area contributed by atoms with Gasteiger partial charge in [-0.2, -0.15) is 0 Å². The predicted molar refractivity (Wildman–Crippen MR) is 75.6 cm³/mol. The lowest BCUT2D eigenvalue weighted by atomic mass is 10.1. The number of halogens is 1. The van der Waals surface area contributed by atoms with Crippen molar-refractivity contribution in [3.8, 4) is 0 Å². The second kappa shape index (κ2) is 6.55. The normalized spacial score (nSPS) is 16.4. The van der Waals surface area contributed by atoms with E-state index in [1.165, 1.54) is 0 Å². The standard InChI is InChI=1S/C14H22FNOS/c1-8-6-14(18-11(4)10(3)17)12(7-13(8)15)9(2)16-5/h6-7,9-11,16-17H,1-5H3. The fourth-order valence-corrected chi connectivity index (χ4v) is 2.78. The minimum Gasteiger partial charge on any atom is -0.392 e. The second-order valence-corrected chi connectivity index (χ2v) is 6.13. The number of hydrogen-bond donors (Lipinski definition) is 2. The minimum absolute atomic E-state index is 0.0812. The molecule has 0 saturated heterocycles. The average Bonchev–Trinajstić information content (AvgIpc) is 2.32. The zero-order valence-corrected chi connectivity index (χ0v) is 12.4. The van der Waals surface area contributed by atoms with Gasteiger partial charge in [0.15, 0.2) is 0 Å². The summed E-state index contributed by atoms with van der Waals surface area (Å²) < 4.78 is 13.7. The summed E-state index contributed by atoms with van der Waals surface area (Å²) in [6.07, 6.45) is -0.391. The lowest BCUT2D eigenvalue weighted by Gasteiger charge is -2.20. The maximum Gasteiger partial charge on any atom is 0.126 e. The molecule has 3 unspecified atom stereocenters. The number of benzene rings is 1. The molecule has 1 rings (SSSR count). The molecule has 0 radical (unpaired) electrons. The molecule has 0 aliphatic carbocycles. The Morgan fingerprint density at radius 3 is 2.39 bits per heavy atom. The molecule has 102 valence electrons. The molecular weight excluding hydrogens is 249 g/mol. The lowest BCUT2D eigenvalue weighted by molar-refractivity contribution is 0.196. The first kappa shape index (κ1) is 15.5. The van der Waals surface area contributed by atoms with E-state index >= 15 is 0 Å². The number of hydrogen-bond acceptors (Lipinski definition) is 3. The fraction of sp³-hybridized carbons (Fsp3) is 0.571. The summed E-state index contributed by atoms with van der Waals surface area (Å²) in [7, 11) is 1.86. The monoisotopic (exact) mass is 271 g/mol. The van der Waals surface area contributed by atoms with Crippen LogP contribution in [0.15, 0.2) is 17.0 Å². The highest BCUT2D eigenvalue weighted by atomic mass is 32.2. The van der Waals surface area contributed by atoms with Crippen LogP contribution >= 0.6 is 11.8 Å². The Morgan fingerprint density at radius 2 is 1.89 bits per heavy atom. The van der Waals surface area contributed by atoms with Gasteiger partial charge in [-0.3, -0.25) is 0 Å². The Bertz CT molecular complexity index is 409. The number of aliphatic hydroxyl groups is 1. The molecule has 18 heavy (non-hydrogen) atoms. The molecule has 2 N–H and O–H groups in total. The van der Waals surface area contributed by atoms with E-state index < -0.39 is 6.10 Å². The van der Waals surface area contributed by atoms with Crippen molar-refractivity contribution in [3.63, 3.8) is 0 Å². The molecule has 3 atom stereocenters. The highest BCUT2D eigenvalue weighted by Gasteiger charge is 2.17. The summed E-state index contributed by atoms with van der Waals surface area (Å²) in [6, 6.07) is 3.54. The third-order valence-corrected chi connectivity index (χ3v) is 4.56. The number of nitrogens with one attached hydrogen (secondary N) is 1. The van der Waals surface area contributed by atoms with Gasteiger partial charge in [0.25, 0.3) is 0 Å². The molecule has 1 aromatic carbocycles. The Hall–Kier alpha value is -0.580. The summed E-state index contributed by atoms with van der Waals surface area (Å²) in [5.74, 6) is -0.179. The summed E-state index contributed by atoms with van der Waals surface area (Å²) in [5.41, 5.74) is 1.58. The first-order valence-electron chi connectivity index (χ1n) is 6.18. The zero-order valence-electron chi connectivity index (χ0n) is 11.6. The van der Waals surface area contributed by atoms with E-state index in [4.69, 9.17) is 0 Å². The Balaban J connectivity index is 3.11. The van der Waals surface area contributed by atoms with Crippen LogP contribution in [0.1, 0.15) is 37.9 Å². The topological polar surface area (TPSA) is 32.3 Å². The third-order valence-electron chi connectivity index (χ3n) is 3.18. The average molecular weight is 271 g/mol. The van der Waals surface area contributed by atoms with Gasteiger partial charge in [-0.15, -0.1) is 11.8 Å². The molecule has 0 amide bonds. The molecule has 0 aliphatic rings. The number of aliphatic hydroxyl groups excluding tert-OH is 1. The maximum absolute atomic E-state index is 13.7. The van der Waals surface area contributed by atoms with Gasteiger partial charge in [0.1, 0.15) is 5.82 Å². The number of thioether (sulfide) groups is 1. The van der Waals surface area contributed by atoms with Crippen molar-refractivity contribution in [1.82, 2.24) is 5.32 Å². The van der Waals surface area contributed by atoms with Crippen LogP contribution < -0.4 is 5.32 Å². The first-order chi connectivity index (χ1) is 8.36. The Labute approximate surface area is 113 Å². The SMILES string of the molecule is CNC(C)c1cc(F)c(C)cc1SC(C)C(C)O. The quantitative estimate of drug-likeness (QED) is 0.806. The third kappa shape index (κ3) is 3.70. The van der Waals surface area contributed by atoms with Crippen molar-refractivity contribution in [1.29, 1.82) is 0 Å². The smallest absolute Gasteiger partial charge is 0.126 e. The first-order valence-corrected chi connectivity index (χ1v) is 7.06. The zero-order chi connectivity index (χ0) is 13.9. The Morgan fingerprint density at radius 1 is 1.28 bits per heavy atom. The van der Waals surface area contributed by atoms with Gasteiger partial charge in [0, 0.05) is 16.2 Å². The van der Waals surface area contributed by atoms with E-state index in [1.54, 1.807) is 31.7 Å². The molecule has 2 nitrogen and oxygen atoms in total. The summed E-state index contributed by atoms with van der Waals surface area (Å²) in [5, 5.41) is 12.8. The second-order valence-electron chi connectivity index (χ2n) is 4.71. The molecule has 0 aliphatic heterocycles. The predicted octanol–water partition coefficient (Wildman–Crippen LogP) is 3.28.